The van der Waals surface area contributed by atoms with E-state index in [1.165, 1.54) is 22.3 Å². The number of hydrogen-bond donors (Lipinski definition) is 0. The van der Waals surface area contributed by atoms with Crippen LogP contribution in [-0.4, -0.2) is 0 Å². The van der Waals surface area contributed by atoms with E-state index >= 15 is 0 Å². The van der Waals surface area contributed by atoms with E-state index in [2.05, 4.69) is 71.4 Å². The zero-order valence-electron chi connectivity index (χ0n) is 11.0. The smallest absolute Gasteiger partial charge is 0.00290 e. The van der Waals surface area contributed by atoms with Crippen LogP contribution in [0.1, 0.15) is 37.8 Å². The van der Waals surface area contributed by atoms with Gasteiger partial charge in [-0.15, -0.1) is 26.3 Å². The van der Waals surface area contributed by atoms with Gasteiger partial charge in [0, 0.05) is 25.4 Å². The van der Waals surface area contributed by atoms with Gasteiger partial charge in [-0.25, -0.2) is 0 Å². The molecule has 0 amide bonds. The molecule has 0 N–H and O–H groups in total. The third-order valence-corrected chi connectivity index (χ3v) is 3.07. The zero-order valence-corrected chi connectivity index (χ0v) is 12.7. The fourth-order valence-corrected chi connectivity index (χ4v) is 1.99. The van der Waals surface area contributed by atoms with Crippen molar-refractivity contribution in [1.82, 2.24) is 0 Å². The molecule has 1 aliphatic carbocycles. The van der Waals surface area contributed by atoms with Gasteiger partial charge in [-0.2, -0.15) is 0 Å². The molecule has 0 spiro atoms. The SMILES string of the molecule is C=C.C=C.CC1=C(C)C(C)c2ccccc21.[Rh]. The molecule has 1 radical (unpaired) electrons. The van der Waals surface area contributed by atoms with Crippen LogP contribution >= 0.6 is 0 Å². The minimum atomic E-state index is 0. The van der Waals surface area contributed by atoms with Crippen LogP contribution in [0.4, 0.5) is 0 Å². The van der Waals surface area contributed by atoms with Crippen molar-refractivity contribution < 1.29 is 19.5 Å². The van der Waals surface area contributed by atoms with Crippen molar-refractivity contribution in [2.24, 2.45) is 0 Å². The summed E-state index contributed by atoms with van der Waals surface area (Å²) in [7, 11) is 0. The van der Waals surface area contributed by atoms with Gasteiger partial charge < -0.3 is 0 Å². The van der Waals surface area contributed by atoms with E-state index in [-0.39, 0.29) is 19.5 Å². The summed E-state index contributed by atoms with van der Waals surface area (Å²) in [5, 5.41) is 0. The molecule has 0 heterocycles. The Labute approximate surface area is 119 Å². The predicted octanol–water partition coefficient (Wildman–Crippen LogP) is 5.20. The van der Waals surface area contributed by atoms with Crippen molar-refractivity contribution >= 4 is 5.57 Å². The fraction of sp³-hybridized carbons (Fsp3) is 0.250. The first-order chi connectivity index (χ1) is 7.72. The number of hydrogen-bond acceptors (Lipinski definition) is 0. The van der Waals surface area contributed by atoms with Crippen LogP contribution in [0.25, 0.3) is 5.57 Å². The summed E-state index contributed by atoms with van der Waals surface area (Å²) in [5.41, 5.74) is 5.93. The maximum absolute atomic E-state index is 3.00. The van der Waals surface area contributed by atoms with E-state index < -0.39 is 0 Å². The molecule has 0 bridgehead atoms. The maximum Gasteiger partial charge on any atom is 0.00290 e. The van der Waals surface area contributed by atoms with E-state index in [1.54, 1.807) is 0 Å². The summed E-state index contributed by atoms with van der Waals surface area (Å²) in [6.45, 7) is 18.7. The van der Waals surface area contributed by atoms with Crippen molar-refractivity contribution in [1.29, 1.82) is 0 Å². The van der Waals surface area contributed by atoms with Crippen molar-refractivity contribution in [2.45, 2.75) is 26.7 Å². The summed E-state index contributed by atoms with van der Waals surface area (Å²) in [6.07, 6.45) is 0. The van der Waals surface area contributed by atoms with Crippen LogP contribution in [0.3, 0.4) is 0 Å². The first-order valence-electron chi connectivity index (χ1n) is 5.48. The molecule has 2 rings (SSSR count). The van der Waals surface area contributed by atoms with Crippen LogP contribution in [0.15, 0.2) is 56.2 Å². The summed E-state index contributed by atoms with van der Waals surface area (Å²) in [6, 6.07) is 8.70. The van der Waals surface area contributed by atoms with Crippen molar-refractivity contribution in [2.75, 3.05) is 0 Å². The van der Waals surface area contributed by atoms with Crippen LogP contribution < -0.4 is 0 Å². The summed E-state index contributed by atoms with van der Waals surface area (Å²) in [5.74, 6) is 0.626. The Balaban J connectivity index is 0. The molecule has 0 saturated carbocycles. The first kappa shape index (κ1) is 18.4. The van der Waals surface area contributed by atoms with Crippen molar-refractivity contribution in [3.8, 4) is 0 Å². The van der Waals surface area contributed by atoms with Gasteiger partial charge in [-0.05, 0) is 30.5 Å². The molecular formula is C16H22Rh. The van der Waals surface area contributed by atoms with Crippen LogP contribution in [0.5, 0.6) is 0 Å². The minimum absolute atomic E-state index is 0. The number of allylic oxidation sites excluding steroid dienone is 2. The van der Waals surface area contributed by atoms with E-state index in [9.17, 15) is 0 Å². The van der Waals surface area contributed by atoms with Gasteiger partial charge in [0.2, 0.25) is 0 Å². The van der Waals surface area contributed by atoms with Crippen LogP contribution in [0, 0.1) is 0 Å². The Morgan fingerprint density at radius 1 is 0.941 bits per heavy atom. The molecule has 0 fully saturated rings. The molecule has 0 aromatic heterocycles. The van der Waals surface area contributed by atoms with Gasteiger partial charge in [-0.3, -0.25) is 0 Å². The fourth-order valence-electron chi connectivity index (χ4n) is 1.99. The number of rotatable bonds is 0. The van der Waals surface area contributed by atoms with E-state index in [4.69, 9.17) is 0 Å². The second-order valence-corrected chi connectivity index (χ2v) is 3.62. The number of fused-ring (bicyclic) bond motifs is 1. The van der Waals surface area contributed by atoms with E-state index in [1.807, 2.05) is 0 Å². The quantitative estimate of drug-likeness (QED) is 0.456. The Hall–Kier alpha value is -0.937. The van der Waals surface area contributed by atoms with Gasteiger partial charge in [0.15, 0.2) is 0 Å². The molecule has 1 aliphatic rings. The summed E-state index contributed by atoms with van der Waals surface area (Å²) >= 11 is 0. The average molecular weight is 317 g/mol. The molecule has 0 aliphatic heterocycles. The topological polar surface area (TPSA) is 0 Å². The van der Waals surface area contributed by atoms with Crippen molar-refractivity contribution in [3.63, 3.8) is 0 Å². The Morgan fingerprint density at radius 3 is 1.88 bits per heavy atom. The third kappa shape index (κ3) is 3.78. The predicted molar refractivity (Wildman–Crippen MR) is 75.6 cm³/mol. The molecule has 1 unspecified atom stereocenters. The monoisotopic (exact) mass is 317 g/mol. The molecule has 1 aromatic rings. The summed E-state index contributed by atoms with van der Waals surface area (Å²) < 4.78 is 0. The largest absolute Gasteiger partial charge is 0.106 e. The van der Waals surface area contributed by atoms with Gasteiger partial charge >= 0.3 is 0 Å². The van der Waals surface area contributed by atoms with Gasteiger partial charge in [-0.1, -0.05) is 36.8 Å². The molecular weight excluding hydrogens is 295 g/mol. The van der Waals surface area contributed by atoms with Crippen LogP contribution in [-0.2, 0) is 19.5 Å². The molecule has 1 heteroatoms. The molecule has 0 nitrogen and oxygen atoms in total. The zero-order chi connectivity index (χ0) is 12.7. The Bertz CT molecular complexity index is 375. The molecule has 0 saturated heterocycles. The third-order valence-electron chi connectivity index (χ3n) is 3.07. The average Bonchev–Trinajstić information content (AvgIpc) is 2.60. The molecule has 1 atom stereocenters. The van der Waals surface area contributed by atoms with Crippen molar-refractivity contribution in [3.05, 3.63) is 67.3 Å². The summed E-state index contributed by atoms with van der Waals surface area (Å²) in [4.78, 5) is 0. The van der Waals surface area contributed by atoms with E-state index in [0.29, 0.717) is 5.92 Å². The van der Waals surface area contributed by atoms with Crippen LogP contribution in [0.2, 0.25) is 0 Å². The molecule has 1 aromatic carbocycles. The first-order valence-corrected chi connectivity index (χ1v) is 5.48. The Kier molecular flexibility index (Phi) is 9.90. The Morgan fingerprint density at radius 2 is 1.41 bits per heavy atom. The van der Waals surface area contributed by atoms with Gasteiger partial charge in [0.05, 0.1) is 0 Å². The second-order valence-electron chi connectivity index (χ2n) is 3.62. The second kappa shape index (κ2) is 9.13. The number of benzene rings is 1. The standard InChI is InChI=1S/C12H14.2C2H4.Rh/c1-8-9(2)11-6-4-5-7-12(11)10(8)3;2*1-2;/h4-7,9H,1-3H3;2*1-2H2;. The molecule has 95 valence electrons. The van der Waals surface area contributed by atoms with E-state index in [0.717, 1.165) is 0 Å². The maximum atomic E-state index is 3.00. The molecule has 17 heavy (non-hydrogen) atoms. The van der Waals surface area contributed by atoms with Gasteiger partial charge in [0.25, 0.3) is 0 Å². The minimum Gasteiger partial charge on any atom is -0.106 e. The van der Waals surface area contributed by atoms with Gasteiger partial charge in [0.1, 0.15) is 0 Å². The normalized spacial score (nSPS) is 15.6.